The Morgan fingerprint density at radius 1 is 0.971 bits per heavy atom. The number of hydrogen-bond acceptors (Lipinski definition) is 4. The number of benzene rings is 2. The van der Waals surface area contributed by atoms with Crippen LogP contribution >= 0.6 is 0 Å². The van der Waals surface area contributed by atoms with Crippen molar-refractivity contribution in [1.29, 1.82) is 0 Å². The van der Waals surface area contributed by atoms with E-state index in [0.29, 0.717) is 25.8 Å². The van der Waals surface area contributed by atoms with Gasteiger partial charge in [0.15, 0.2) is 0 Å². The SMILES string of the molecule is O=C(NCC1CC1C(=O)NC1C=CCC(C(=O)O)C1)OCC1c2ccccc2-c2ccccc21. The molecule has 0 bridgehead atoms. The molecular formula is C27H28N2O5. The molecule has 0 aromatic heterocycles. The summed E-state index contributed by atoms with van der Waals surface area (Å²) in [6.45, 7) is 0.639. The molecule has 1 fully saturated rings. The Labute approximate surface area is 198 Å². The average Bonchev–Trinajstić information content (AvgIpc) is 3.57. The van der Waals surface area contributed by atoms with Gasteiger partial charge in [-0.1, -0.05) is 60.7 Å². The Bertz CT molecular complexity index is 1100. The molecule has 0 saturated heterocycles. The number of carbonyl (C=O) groups is 3. The molecule has 0 heterocycles. The Hall–Kier alpha value is -3.61. The Morgan fingerprint density at radius 2 is 1.65 bits per heavy atom. The summed E-state index contributed by atoms with van der Waals surface area (Å²) in [6.07, 6.45) is 4.81. The summed E-state index contributed by atoms with van der Waals surface area (Å²) in [5.74, 6) is -1.45. The molecule has 0 spiro atoms. The van der Waals surface area contributed by atoms with Gasteiger partial charge in [-0.2, -0.15) is 0 Å². The highest BCUT2D eigenvalue weighted by Gasteiger charge is 2.43. The molecule has 7 nitrogen and oxygen atoms in total. The Balaban J connectivity index is 1.08. The largest absolute Gasteiger partial charge is 0.481 e. The van der Waals surface area contributed by atoms with Crippen molar-refractivity contribution >= 4 is 18.0 Å². The highest BCUT2D eigenvalue weighted by Crippen LogP contribution is 2.44. The van der Waals surface area contributed by atoms with E-state index in [4.69, 9.17) is 4.74 Å². The van der Waals surface area contributed by atoms with Gasteiger partial charge in [0.05, 0.1) is 5.92 Å². The van der Waals surface area contributed by atoms with Gasteiger partial charge in [0, 0.05) is 24.4 Å². The smallest absolute Gasteiger partial charge is 0.407 e. The van der Waals surface area contributed by atoms with Gasteiger partial charge in [0.25, 0.3) is 0 Å². The van der Waals surface area contributed by atoms with Crippen LogP contribution in [0, 0.1) is 17.8 Å². The zero-order valence-corrected chi connectivity index (χ0v) is 18.8. The summed E-state index contributed by atoms with van der Waals surface area (Å²) in [5, 5.41) is 14.9. The molecule has 5 rings (SSSR count). The molecule has 0 radical (unpaired) electrons. The fourth-order valence-electron chi connectivity index (χ4n) is 5.15. The van der Waals surface area contributed by atoms with Crippen molar-refractivity contribution in [2.45, 2.75) is 31.2 Å². The number of aliphatic carboxylic acids is 1. The van der Waals surface area contributed by atoms with Crippen LogP contribution in [0.5, 0.6) is 0 Å². The van der Waals surface area contributed by atoms with Crippen LogP contribution in [0.15, 0.2) is 60.7 Å². The molecule has 34 heavy (non-hydrogen) atoms. The molecule has 176 valence electrons. The van der Waals surface area contributed by atoms with E-state index in [-0.39, 0.29) is 36.3 Å². The van der Waals surface area contributed by atoms with Crippen LogP contribution in [0.1, 0.15) is 36.3 Å². The number of carboxylic acids is 1. The highest BCUT2D eigenvalue weighted by molar-refractivity contribution is 5.82. The van der Waals surface area contributed by atoms with E-state index in [1.807, 2.05) is 36.4 Å². The number of carboxylic acid groups (broad SMARTS) is 1. The van der Waals surface area contributed by atoms with Crippen molar-refractivity contribution < 1.29 is 24.2 Å². The molecule has 0 aliphatic heterocycles. The van der Waals surface area contributed by atoms with Gasteiger partial charge in [-0.05, 0) is 47.4 Å². The molecule has 3 aliphatic carbocycles. The fraction of sp³-hybridized carbons (Fsp3) is 0.370. The van der Waals surface area contributed by atoms with Crippen molar-refractivity contribution in [2.24, 2.45) is 17.8 Å². The minimum absolute atomic E-state index is 0.00998. The van der Waals surface area contributed by atoms with Crippen LogP contribution in [-0.2, 0) is 14.3 Å². The second-order valence-corrected chi connectivity index (χ2v) is 9.36. The van der Waals surface area contributed by atoms with Crippen LogP contribution < -0.4 is 10.6 Å². The average molecular weight is 461 g/mol. The molecule has 4 atom stereocenters. The molecule has 7 heteroatoms. The number of amides is 2. The maximum Gasteiger partial charge on any atom is 0.407 e. The first kappa shape index (κ1) is 22.2. The number of nitrogens with one attached hydrogen (secondary N) is 2. The van der Waals surface area contributed by atoms with Gasteiger partial charge in [0.1, 0.15) is 6.61 Å². The quantitative estimate of drug-likeness (QED) is 0.547. The van der Waals surface area contributed by atoms with Crippen LogP contribution in [0.25, 0.3) is 11.1 Å². The van der Waals surface area contributed by atoms with Crippen LogP contribution in [0.4, 0.5) is 4.79 Å². The third-order valence-corrected chi connectivity index (χ3v) is 7.12. The van der Waals surface area contributed by atoms with E-state index in [9.17, 15) is 19.5 Å². The zero-order chi connectivity index (χ0) is 23.7. The van der Waals surface area contributed by atoms with Gasteiger partial charge >= 0.3 is 12.1 Å². The van der Waals surface area contributed by atoms with E-state index >= 15 is 0 Å². The minimum Gasteiger partial charge on any atom is -0.481 e. The van der Waals surface area contributed by atoms with Crippen LogP contribution in [0.3, 0.4) is 0 Å². The molecule has 4 unspecified atom stereocenters. The lowest BCUT2D eigenvalue weighted by Crippen LogP contribution is -2.39. The summed E-state index contributed by atoms with van der Waals surface area (Å²) in [4.78, 5) is 36.0. The summed E-state index contributed by atoms with van der Waals surface area (Å²) in [6, 6.07) is 16.1. The first-order valence-electron chi connectivity index (χ1n) is 11.8. The lowest BCUT2D eigenvalue weighted by atomic mass is 9.91. The topological polar surface area (TPSA) is 105 Å². The predicted octanol–water partition coefficient (Wildman–Crippen LogP) is 3.70. The third kappa shape index (κ3) is 4.55. The van der Waals surface area contributed by atoms with Crippen molar-refractivity contribution in [3.05, 3.63) is 71.8 Å². The normalized spacial score (nSPS) is 24.6. The lowest BCUT2D eigenvalue weighted by molar-refractivity contribution is -0.142. The van der Waals surface area contributed by atoms with Gasteiger partial charge in [-0.15, -0.1) is 0 Å². The van der Waals surface area contributed by atoms with Gasteiger partial charge < -0.3 is 20.5 Å². The summed E-state index contributed by atoms with van der Waals surface area (Å²) >= 11 is 0. The number of hydrogen-bond donors (Lipinski definition) is 3. The van der Waals surface area contributed by atoms with Crippen molar-refractivity contribution in [3.63, 3.8) is 0 Å². The van der Waals surface area contributed by atoms with Gasteiger partial charge in [0.2, 0.25) is 5.91 Å². The van der Waals surface area contributed by atoms with E-state index < -0.39 is 18.0 Å². The molecule has 3 N–H and O–H groups in total. The highest BCUT2D eigenvalue weighted by atomic mass is 16.5. The first-order chi connectivity index (χ1) is 16.5. The molecule has 1 saturated carbocycles. The number of rotatable bonds is 7. The lowest BCUT2D eigenvalue weighted by Gasteiger charge is -2.22. The van der Waals surface area contributed by atoms with Gasteiger partial charge in [-0.25, -0.2) is 4.79 Å². The molecule has 3 aliphatic rings. The van der Waals surface area contributed by atoms with Crippen molar-refractivity contribution in [1.82, 2.24) is 10.6 Å². The summed E-state index contributed by atoms with van der Waals surface area (Å²) < 4.78 is 5.55. The second-order valence-electron chi connectivity index (χ2n) is 9.36. The zero-order valence-electron chi connectivity index (χ0n) is 18.8. The van der Waals surface area contributed by atoms with E-state index in [0.717, 1.165) is 11.1 Å². The standard InChI is InChI=1S/C27H28N2O5/c30-25(29-18-7-5-6-16(12-18)26(31)32)23-13-17(23)14-28-27(33)34-15-24-21-10-3-1-8-19(21)20-9-2-4-11-22(20)24/h1-5,7-11,16-18,23-24H,6,12-15H2,(H,28,33)(H,29,30)(H,31,32). The second kappa shape index (κ2) is 9.33. The number of allylic oxidation sites excluding steroid dienone is 1. The van der Waals surface area contributed by atoms with Crippen molar-refractivity contribution in [3.8, 4) is 11.1 Å². The third-order valence-electron chi connectivity index (χ3n) is 7.12. The van der Waals surface area contributed by atoms with E-state index in [1.165, 1.54) is 11.1 Å². The number of fused-ring (bicyclic) bond motifs is 3. The summed E-state index contributed by atoms with van der Waals surface area (Å²) in [5.41, 5.74) is 4.69. The Morgan fingerprint density at radius 3 is 2.32 bits per heavy atom. The van der Waals surface area contributed by atoms with Crippen molar-refractivity contribution in [2.75, 3.05) is 13.2 Å². The van der Waals surface area contributed by atoms with Gasteiger partial charge in [-0.3, -0.25) is 9.59 Å². The summed E-state index contributed by atoms with van der Waals surface area (Å²) in [7, 11) is 0. The van der Waals surface area contributed by atoms with E-state index in [2.05, 4.69) is 34.9 Å². The Kier molecular flexibility index (Phi) is 6.09. The molecule has 2 aromatic carbocycles. The molecule has 2 amide bonds. The predicted molar refractivity (Wildman–Crippen MR) is 126 cm³/mol. The maximum absolute atomic E-state index is 12.5. The van der Waals surface area contributed by atoms with Crippen LogP contribution in [-0.4, -0.2) is 42.3 Å². The number of ether oxygens (including phenoxy) is 1. The maximum atomic E-state index is 12.5. The minimum atomic E-state index is -0.833. The number of alkyl carbamates (subject to hydrolysis) is 1. The molecule has 2 aromatic rings. The first-order valence-corrected chi connectivity index (χ1v) is 11.8. The van der Waals surface area contributed by atoms with E-state index in [1.54, 1.807) is 0 Å². The fourth-order valence-corrected chi connectivity index (χ4v) is 5.15. The monoisotopic (exact) mass is 460 g/mol. The number of carbonyl (C=O) groups excluding carboxylic acids is 2. The molecular weight excluding hydrogens is 432 g/mol. The van der Waals surface area contributed by atoms with Crippen LogP contribution in [0.2, 0.25) is 0 Å².